The molecule has 0 aliphatic carbocycles. The zero-order valence-electron chi connectivity index (χ0n) is 13.0. The van der Waals surface area contributed by atoms with E-state index < -0.39 is 5.82 Å². The minimum atomic E-state index is -0.434. The third-order valence-electron chi connectivity index (χ3n) is 4.35. The Balaban J connectivity index is 1.87. The molecular formula is C19H16FN3O. The lowest BCUT2D eigenvalue weighted by Gasteiger charge is -2.17. The van der Waals surface area contributed by atoms with Gasteiger partial charge in [-0.3, -0.25) is 9.36 Å². The molecular weight excluding hydrogens is 305 g/mol. The summed E-state index contributed by atoms with van der Waals surface area (Å²) < 4.78 is 15.1. The minimum absolute atomic E-state index is 0.170. The Labute approximate surface area is 138 Å². The van der Waals surface area contributed by atoms with Gasteiger partial charge in [0.1, 0.15) is 5.82 Å². The van der Waals surface area contributed by atoms with Crippen molar-refractivity contribution in [2.75, 3.05) is 11.4 Å². The van der Waals surface area contributed by atoms with Crippen LogP contribution >= 0.6 is 0 Å². The summed E-state index contributed by atoms with van der Waals surface area (Å²) in [5.41, 5.74) is 1.42. The molecule has 120 valence electrons. The van der Waals surface area contributed by atoms with Crippen LogP contribution in [0, 0.1) is 5.82 Å². The topological polar surface area (TPSA) is 38.1 Å². The molecule has 2 heterocycles. The van der Waals surface area contributed by atoms with Gasteiger partial charge in [-0.15, -0.1) is 6.58 Å². The lowest BCUT2D eigenvalue weighted by atomic mass is 10.2. The number of anilines is 1. The zero-order chi connectivity index (χ0) is 16.7. The van der Waals surface area contributed by atoms with E-state index in [-0.39, 0.29) is 11.6 Å². The van der Waals surface area contributed by atoms with E-state index in [0.29, 0.717) is 29.9 Å². The van der Waals surface area contributed by atoms with E-state index in [1.807, 2.05) is 30.3 Å². The normalized spacial score (nSPS) is 16.4. The molecule has 0 spiro atoms. The molecule has 1 aromatic heterocycles. The summed E-state index contributed by atoms with van der Waals surface area (Å²) in [6.07, 6.45) is 1.74. The Hall–Kier alpha value is -2.95. The van der Waals surface area contributed by atoms with Gasteiger partial charge in [-0.25, -0.2) is 9.37 Å². The Kier molecular flexibility index (Phi) is 3.41. The van der Waals surface area contributed by atoms with Crippen LogP contribution in [-0.4, -0.2) is 16.1 Å². The molecule has 2 aromatic carbocycles. The number of fused-ring (bicyclic) bond motifs is 2. The predicted octanol–water partition coefficient (Wildman–Crippen LogP) is 3.28. The van der Waals surface area contributed by atoms with Gasteiger partial charge in [0.05, 0.1) is 16.9 Å². The van der Waals surface area contributed by atoms with E-state index in [1.54, 1.807) is 16.7 Å². The van der Waals surface area contributed by atoms with Crippen LogP contribution < -0.4 is 10.5 Å². The summed E-state index contributed by atoms with van der Waals surface area (Å²) in [5.74, 6) is 0.170. The number of nitrogens with zero attached hydrogens (tertiary/aromatic N) is 3. The summed E-state index contributed by atoms with van der Waals surface area (Å²) in [5, 5.41) is 0.298. The Morgan fingerprint density at radius 2 is 2.04 bits per heavy atom. The van der Waals surface area contributed by atoms with Crippen LogP contribution in [0.5, 0.6) is 0 Å². The van der Waals surface area contributed by atoms with Gasteiger partial charge in [-0.2, -0.15) is 0 Å². The van der Waals surface area contributed by atoms with E-state index in [1.165, 1.54) is 12.1 Å². The second-order valence-corrected chi connectivity index (χ2v) is 5.92. The van der Waals surface area contributed by atoms with Crippen LogP contribution in [0.25, 0.3) is 10.9 Å². The smallest absolute Gasteiger partial charge is 0.263 e. The third-order valence-corrected chi connectivity index (χ3v) is 4.35. The summed E-state index contributed by atoms with van der Waals surface area (Å²) in [6.45, 7) is 5.12. The van der Waals surface area contributed by atoms with Gasteiger partial charge in [-0.1, -0.05) is 36.4 Å². The Bertz CT molecular complexity index is 981. The molecule has 1 aliphatic rings. The van der Waals surface area contributed by atoms with Gasteiger partial charge in [0.25, 0.3) is 5.56 Å². The summed E-state index contributed by atoms with van der Waals surface area (Å²) in [4.78, 5) is 19.5. The van der Waals surface area contributed by atoms with Gasteiger partial charge in [-0.05, 0) is 23.8 Å². The first-order valence-corrected chi connectivity index (χ1v) is 7.80. The molecule has 1 atom stereocenters. The van der Waals surface area contributed by atoms with Crippen LogP contribution in [-0.2, 0) is 6.54 Å². The Morgan fingerprint density at radius 1 is 1.25 bits per heavy atom. The minimum Gasteiger partial charge on any atom is -0.335 e. The molecule has 4 nitrogen and oxygen atoms in total. The Morgan fingerprint density at radius 3 is 2.79 bits per heavy atom. The average Bonchev–Trinajstić information content (AvgIpc) is 2.94. The second kappa shape index (κ2) is 5.60. The van der Waals surface area contributed by atoms with E-state index in [4.69, 9.17) is 0 Å². The first-order valence-electron chi connectivity index (χ1n) is 7.80. The van der Waals surface area contributed by atoms with Gasteiger partial charge in [0.15, 0.2) is 0 Å². The maximum Gasteiger partial charge on any atom is 0.263 e. The highest BCUT2D eigenvalue weighted by atomic mass is 19.1. The molecule has 0 radical (unpaired) electrons. The second-order valence-electron chi connectivity index (χ2n) is 5.92. The van der Waals surface area contributed by atoms with Gasteiger partial charge in [0, 0.05) is 13.1 Å². The number of hydrogen-bond donors (Lipinski definition) is 0. The van der Waals surface area contributed by atoms with Crippen molar-refractivity contribution in [3.8, 4) is 0 Å². The number of halogens is 1. The maximum absolute atomic E-state index is 13.5. The van der Waals surface area contributed by atoms with Gasteiger partial charge < -0.3 is 4.90 Å². The quantitative estimate of drug-likeness (QED) is 0.695. The molecule has 0 saturated heterocycles. The van der Waals surface area contributed by atoms with Crippen LogP contribution in [0.15, 0.2) is 66.0 Å². The summed E-state index contributed by atoms with van der Waals surface area (Å²) in [6, 6.07) is 14.0. The van der Waals surface area contributed by atoms with Crippen LogP contribution in [0.3, 0.4) is 0 Å². The van der Waals surface area contributed by atoms with Crippen LogP contribution in [0.1, 0.15) is 11.6 Å². The molecule has 5 heteroatoms. The van der Waals surface area contributed by atoms with Crippen molar-refractivity contribution >= 4 is 16.9 Å². The van der Waals surface area contributed by atoms with Crippen LogP contribution in [0.4, 0.5) is 10.3 Å². The molecule has 0 amide bonds. The van der Waals surface area contributed by atoms with E-state index >= 15 is 0 Å². The predicted molar refractivity (Wildman–Crippen MR) is 92.7 cm³/mol. The maximum atomic E-state index is 13.5. The highest BCUT2D eigenvalue weighted by molar-refractivity contribution is 5.79. The van der Waals surface area contributed by atoms with Crippen molar-refractivity contribution in [2.24, 2.45) is 0 Å². The van der Waals surface area contributed by atoms with Gasteiger partial charge >= 0.3 is 0 Å². The highest BCUT2D eigenvalue weighted by Crippen LogP contribution is 2.29. The molecule has 0 unspecified atom stereocenters. The highest BCUT2D eigenvalue weighted by Gasteiger charge is 2.29. The fraction of sp³-hybridized carbons (Fsp3) is 0.158. The van der Waals surface area contributed by atoms with E-state index in [9.17, 15) is 9.18 Å². The molecule has 0 N–H and O–H groups in total. The van der Waals surface area contributed by atoms with Crippen molar-refractivity contribution in [1.29, 1.82) is 0 Å². The lowest BCUT2D eigenvalue weighted by molar-refractivity contribution is 0.628. The number of rotatable bonds is 3. The standard InChI is InChI=1S/C19H16FN3O/c1-2-15-12-22(11-13-6-4-3-5-7-13)19-21-17-9-8-14(20)10-16(17)18(24)23(15)19/h2-10,15H,1,11-12H2/t15-/m1/s1. The lowest BCUT2D eigenvalue weighted by Crippen LogP contribution is -2.23. The van der Waals surface area contributed by atoms with Crippen molar-refractivity contribution in [2.45, 2.75) is 12.6 Å². The number of hydrogen-bond acceptors (Lipinski definition) is 3. The fourth-order valence-corrected chi connectivity index (χ4v) is 3.19. The molecule has 0 bridgehead atoms. The molecule has 4 rings (SSSR count). The first kappa shape index (κ1) is 14.6. The summed E-state index contributed by atoms with van der Waals surface area (Å²) in [7, 11) is 0. The first-order chi connectivity index (χ1) is 11.7. The van der Waals surface area contributed by atoms with E-state index in [0.717, 1.165) is 5.56 Å². The fourth-order valence-electron chi connectivity index (χ4n) is 3.19. The summed E-state index contributed by atoms with van der Waals surface area (Å²) >= 11 is 0. The molecule has 24 heavy (non-hydrogen) atoms. The zero-order valence-corrected chi connectivity index (χ0v) is 13.0. The molecule has 1 aliphatic heterocycles. The largest absolute Gasteiger partial charge is 0.335 e. The molecule has 0 saturated carbocycles. The van der Waals surface area contributed by atoms with Crippen molar-refractivity contribution < 1.29 is 4.39 Å². The van der Waals surface area contributed by atoms with Gasteiger partial charge in [0.2, 0.25) is 5.95 Å². The third kappa shape index (κ3) is 2.29. The van der Waals surface area contributed by atoms with Crippen molar-refractivity contribution in [3.05, 3.63) is 82.9 Å². The molecule has 3 aromatic rings. The van der Waals surface area contributed by atoms with Crippen molar-refractivity contribution in [1.82, 2.24) is 9.55 Å². The molecule has 0 fully saturated rings. The van der Waals surface area contributed by atoms with Crippen LogP contribution in [0.2, 0.25) is 0 Å². The average molecular weight is 321 g/mol. The SMILES string of the molecule is C=C[C@@H]1CN(Cc2ccccc2)c2nc3ccc(F)cc3c(=O)n21. The number of benzene rings is 2. The number of aromatic nitrogens is 2. The van der Waals surface area contributed by atoms with E-state index in [2.05, 4.69) is 16.5 Å². The van der Waals surface area contributed by atoms with Crippen molar-refractivity contribution in [3.63, 3.8) is 0 Å². The monoisotopic (exact) mass is 321 g/mol.